The second-order valence-electron chi connectivity index (χ2n) is 10.3. The van der Waals surface area contributed by atoms with Crippen LogP contribution in [0.5, 0.6) is 5.75 Å². The molecule has 1 unspecified atom stereocenters. The molecule has 1 aliphatic carbocycles. The Morgan fingerprint density at radius 2 is 1.87 bits per heavy atom. The van der Waals surface area contributed by atoms with Crippen LogP contribution in [0.2, 0.25) is 0 Å². The molecule has 1 aliphatic heterocycles. The fourth-order valence-corrected chi connectivity index (χ4v) is 5.81. The minimum Gasteiger partial charge on any atom is -0.598 e. The first-order valence-electron chi connectivity index (χ1n) is 12.9. The highest BCUT2D eigenvalue weighted by atomic mass is 32.2. The molecule has 1 aromatic heterocycles. The van der Waals surface area contributed by atoms with Crippen molar-refractivity contribution in [1.29, 1.82) is 0 Å². The topological polar surface area (TPSA) is 140 Å². The molecule has 0 amide bonds. The zero-order valence-electron chi connectivity index (χ0n) is 21.9. The zero-order valence-corrected chi connectivity index (χ0v) is 22.7. The highest BCUT2D eigenvalue weighted by Gasteiger charge is 2.39. The van der Waals surface area contributed by atoms with Gasteiger partial charge in [-0.05, 0) is 37.1 Å². The Kier molecular flexibility index (Phi) is 7.89. The summed E-state index contributed by atoms with van der Waals surface area (Å²) in [7, 11) is 0. The third-order valence-corrected chi connectivity index (χ3v) is 8.83. The standard InChI is InChI=1S/C27H33N6O5S/c1-27(9-10-27)19-38-25-24(17-29-32(26(25)34)22-5-3-2-4-6-22)30-11-13-31(14-12-30)39(37)18-20-7-8-23(33(35)36)21(15-20)16-28/h2-8,15,17H,9-14,16,18-19,28H2,1H3,(H,35,36)/q+1. The smallest absolute Gasteiger partial charge is 0.321 e. The monoisotopic (exact) mass is 553 g/mol. The Morgan fingerprint density at radius 3 is 2.51 bits per heavy atom. The third kappa shape index (κ3) is 6.09. The SMILES string of the molecule is CC1(COc2c(N3CCN([S+]([O-])Cc4ccc([N+](=O)O)c(CN)c4)CC3)cnn(-c3ccccc3)c2=O)CC1. The van der Waals surface area contributed by atoms with E-state index in [2.05, 4.69) is 16.9 Å². The summed E-state index contributed by atoms with van der Waals surface area (Å²) in [6.45, 7) is 4.87. The van der Waals surface area contributed by atoms with Crippen LogP contribution in [0, 0.1) is 10.3 Å². The number of hydrogen-bond donors (Lipinski definition) is 2. The molecule has 2 aliphatic rings. The molecule has 206 valence electrons. The van der Waals surface area contributed by atoms with Gasteiger partial charge in [0.25, 0.3) is 4.92 Å². The predicted molar refractivity (Wildman–Crippen MR) is 148 cm³/mol. The van der Waals surface area contributed by atoms with Crippen LogP contribution in [0.3, 0.4) is 0 Å². The summed E-state index contributed by atoms with van der Waals surface area (Å²) < 4.78 is 22.6. The Labute approximate surface area is 229 Å². The normalized spacial score (nSPS) is 17.6. The summed E-state index contributed by atoms with van der Waals surface area (Å²) in [6.07, 6.45) is 3.84. The Balaban J connectivity index is 1.29. The maximum Gasteiger partial charge on any atom is 0.321 e. The number of anilines is 1. The van der Waals surface area contributed by atoms with Gasteiger partial charge in [0.2, 0.25) is 5.75 Å². The van der Waals surface area contributed by atoms with Gasteiger partial charge in [-0.25, -0.2) is 5.21 Å². The van der Waals surface area contributed by atoms with Gasteiger partial charge in [-0.1, -0.05) is 25.1 Å². The largest absolute Gasteiger partial charge is 0.598 e. The van der Waals surface area contributed by atoms with E-state index in [9.17, 15) is 19.5 Å². The van der Waals surface area contributed by atoms with Crippen molar-refractivity contribution in [2.45, 2.75) is 32.1 Å². The number of nitrogens with two attached hydrogens (primary N) is 1. The molecule has 0 bridgehead atoms. The van der Waals surface area contributed by atoms with Crippen molar-refractivity contribution in [2.24, 2.45) is 11.1 Å². The summed E-state index contributed by atoms with van der Waals surface area (Å²) in [5.41, 5.74) is 8.16. The first-order valence-corrected chi connectivity index (χ1v) is 14.2. The average Bonchev–Trinajstić information content (AvgIpc) is 3.69. The van der Waals surface area contributed by atoms with E-state index in [1.165, 1.54) is 10.7 Å². The number of para-hydroxylation sites is 1. The van der Waals surface area contributed by atoms with E-state index in [-0.39, 0.29) is 33.9 Å². The lowest BCUT2D eigenvalue weighted by molar-refractivity contribution is -0.730. The van der Waals surface area contributed by atoms with Crippen LogP contribution in [0.4, 0.5) is 11.4 Å². The number of benzene rings is 2. The van der Waals surface area contributed by atoms with Crippen LogP contribution in [-0.2, 0) is 23.7 Å². The van der Waals surface area contributed by atoms with Crippen molar-refractivity contribution in [3.05, 3.63) is 81.1 Å². The van der Waals surface area contributed by atoms with E-state index in [1.54, 1.807) is 18.3 Å². The van der Waals surface area contributed by atoms with E-state index in [0.29, 0.717) is 55.5 Å². The molecule has 2 fully saturated rings. The highest BCUT2D eigenvalue weighted by molar-refractivity contribution is 7.88. The number of ether oxygens (including phenoxy) is 1. The van der Waals surface area contributed by atoms with Gasteiger partial charge in [0.15, 0.2) is 5.75 Å². The molecular formula is C27H33N6O5S+. The molecule has 1 atom stereocenters. The van der Waals surface area contributed by atoms with Gasteiger partial charge in [0, 0.05) is 53.6 Å². The lowest BCUT2D eigenvalue weighted by Crippen LogP contribution is -2.49. The van der Waals surface area contributed by atoms with Gasteiger partial charge < -0.3 is 19.9 Å². The van der Waals surface area contributed by atoms with Crippen LogP contribution < -0.4 is 20.9 Å². The summed E-state index contributed by atoms with van der Waals surface area (Å²) in [5.74, 6) is 0.557. The van der Waals surface area contributed by atoms with Gasteiger partial charge >= 0.3 is 11.2 Å². The Bertz CT molecular complexity index is 1390. The van der Waals surface area contributed by atoms with Gasteiger partial charge in [0.05, 0.1) is 36.5 Å². The number of piperazine rings is 1. The third-order valence-electron chi connectivity index (χ3n) is 7.31. The molecule has 3 N–H and O–H groups in total. The summed E-state index contributed by atoms with van der Waals surface area (Å²) in [4.78, 5) is 26.7. The van der Waals surface area contributed by atoms with E-state index < -0.39 is 11.4 Å². The second-order valence-corrected chi connectivity index (χ2v) is 11.8. The molecule has 0 spiro atoms. The molecule has 12 heteroatoms. The molecule has 1 saturated carbocycles. The fourth-order valence-electron chi connectivity index (χ4n) is 4.59. The highest BCUT2D eigenvalue weighted by Crippen LogP contribution is 2.45. The van der Waals surface area contributed by atoms with Gasteiger partial charge in [-0.2, -0.15) is 9.78 Å². The number of aromatic nitrogens is 2. The van der Waals surface area contributed by atoms with Crippen LogP contribution in [0.1, 0.15) is 30.9 Å². The zero-order chi connectivity index (χ0) is 27.6. The lowest BCUT2D eigenvalue weighted by atomic mass is 10.1. The lowest BCUT2D eigenvalue weighted by Gasteiger charge is -2.36. The Morgan fingerprint density at radius 1 is 1.15 bits per heavy atom. The van der Waals surface area contributed by atoms with E-state index >= 15 is 0 Å². The van der Waals surface area contributed by atoms with Gasteiger partial charge in [-0.15, -0.1) is 4.31 Å². The molecule has 0 radical (unpaired) electrons. The summed E-state index contributed by atoms with van der Waals surface area (Å²) >= 11 is -1.30. The van der Waals surface area contributed by atoms with Crippen LogP contribution >= 0.6 is 0 Å². The molecule has 5 rings (SSSR count). The minimum absolute atomic E-state index is 0.0778. The first-order chi connectivity index (χ1) is 18.8. The fraction of sp³-hybridized carbons (Fsp3) is 0.407. The molecule has 1 saturated heterocycles. The Hall–Kier alpha value is -3.45. The molecule has 2 aromatic carbocycles. The van der Waals surface area contributed by atoms with Gasteiger partial charge in [0.1, 0.15) is 5.69 Å². The van der Waals surface area contributed by atoms with Crippen LogP contribution in [0.15, 0.2) is 59.5 Å². The number of rotatable bonds is 10. The first kappa shape index (κ1) is 27.1. The maximum atomic E-state index is 13.5. The van der Waals surface area contributed by atoms with Crippen molar-refractivity contribution in [1.82, 2.24) is 14.1 Å². The summed E-state index contributed by atoms with van der Waals surface area (Å²) in [5, 5.41) is 13.7. The van der Waals surface area contributed by atoms with E-state index in [0.717, 1.165) is 18.4 Å². The summed E-state index contributed by atoms with van der Waals surface area (Å²) in [6, 6.07) is 14.1. The minimum atomic E-state index is -1.30. The number of nitrogens with zero attached hydrogens (tertiary/aromatic N) is 5. The van der Waals surface area contributed by atoms with Gasteiger partial charge in [-0.3, -0.25) is 4.79 Å². The molecule has 39 heavy (non-hydrogen) atoms. The van der Waals surface area contributed by atoms with Crippen molar-refractivity contribution in [3.63, 3.8) is 0 Å². The predicted octanol–water partition coefficient (Wildman–Crippen LogP) is 2.66. The van der Waals surface area contributed by atoms with Crippen LogP contribution in [0.25, 0.3) is 5.69 Å². The van der Waals surface area contributed by atoms with Crippen molar-refractivity contribution in [2.75, 3.05) is 37.7 Å². The molecule has 3 aromatic rings. The van der Waals surface area contributed by atoms with Crippen molar-refractivity contribution < 1.29 is 19.4 Å². The second kappa shape index (κ2) is 11.3. The quantitative estimate of drug-likeness (QED) is 0.286. The van der Waals surface area contributed by atoms with Crippen molar-refractivity contribution in [3.8, 4) is 11.4 Å². The maximum absolute atomic E-state index is 13.5. The molecular weight excluding hydrogens is 520 g/mol. The molecule has 2 heterocycles. The molecule has 11 nitrogen and oxygen atoms in total. The van der Waals surface area contributed by atoms with E-state index in [1.807, 2.05) is 34.6 Å². The van der Waals surface area contributed by atoms with Crippen LogP contribution in [-0.4, -0.2) is 61.6 Å². The average molecular weight is 554 g/mol. The number of hydrogen-bond acceptors (Lipinski definition) is 8. The van der Waals surface area contributed by atoms with E-state index in [4.69, 9.17) is 10.5 Å². The van der Waals surface area contributed by atoms with Crippen molar-refractivity contribution >= 4 is 22.7 Å².